The van der Waals surface area contributed by atoms with Crippen molar-refractivity contribution in [1.29, 1.82) is 0 Å². The van der Waals surface area contributed by atoms with Gasteiger partial charge in [-0.25, -0.2) is 4.99 Å². The number of carbonyl (C=O) groups excluding carboxylic acids is 1. The fourth-order valence-electron chi connectivity index (χ4n) is 3.74. The van der Waals surface area contributed by atoms with Gasteiger partial charge in [0.05, 0.1) is 19.3 Å². The molecule has 1 aromatic heterocycles. The molecule has 8 heteroatoms. The highest BCUT2D eigenvalue weighted by Crippen LogP contribution is 2.21. The molecule has 1 aliphatic heterocycles. The van der Waals surface area contributed by atoms with Crippen LogP contribution in [0.2, 0.25) is 0 Å². The van der Waals surface area contributed by atoms with E-state index >= 15 is 0 Å². The summed E-state index contributed by atoms with van der Waals surface area (Å²) in [5.74, 6) is 0.780. The molecule has 0 bridgehead atoms. The molecule has 2 aliphatic rings. The van der Waals surface area contributed by atoms with Crippen LogP contribution in [-0.2, 0) is 16.6 Å². The first-order valence-electron chi connectivity index (χ1n) is 10.1. The summed E-state index contributed by atoms with van der Waals surface area (Å²) in [6, 6.07) is 0.322. The van der Waals surface area contributed by atoms with E-state index in [2.05, 4.69) is 25.6 Å². The van der Waals surface area contributed by atoms with Gasteiger partial charge in [0, 0.05) is 37.9 Å². The molecule has 0 radical (unpaired) electrons. The predicted molar refractivity (Wildman–Crippen MR) is 104 cm³/mol. The van der Waals surface area contributed by atoms with Gasteiger partial charge in [-0.15, -0.1) is 0 Å². The Balaban J connectivity index is 1.57. The lowest BCUT2D eigenvalue weighted by Crippen LogP contribution is -2.48. The maximum Gasteiger partial charge on any atom is 0.242 e. The standard InChI is InChI=1S/C19H32N6O2/c1-3-20-19(21-12-18(26)23-16-7-5-4-6-8-16)25-9-10-27-17(14-25)15-11-22-24(2)13-15/h11,13,16-17H,3-10,12,14H2,1-2H3,(H,20,21)(H,23,26). The fourth-order valence-corrected chi connectivity index (χ4v) is 3.74. The summed E-state index contributed by atoms with van der Waals surface area (Å²) >= 11 is 0. The van der Waals surface area contributed by atoms with Crippen LogP contribution >= 0.6 is 0 Å². The lowest BCUT2D eigenvalue weighted by molar-refractivity contribution is -0.120. The van der Waals surface area contributed by atoms with E-state index in [1.807, 2.05) is 26.4 Å². The summed E-state index contributed by atoms with van der Waals surface area (Å²) in [6.45, 7) is 5.04. The highest BCUT2D eigenvalue weighted by atomic mass is 16.5. The number of rotatable bonds is 5. The van der Waals surface area contributed by atoms with Crippen molar-refractivity contribution >= 4 is 11.9 Å². The average molecular weight is 377 g/mol. The minimum absolute atomic E-state index is 0.00868. The van der Waals surface area contributed by atoms with Gasteiger partial charge >= 0.3 is 0 Å². The van der Waals surface area contributed by atoms with Crippen LogP contribution in [0.1, 0.15) is 50.7 Å². The Morgan fingerprint density at radius 2 is 2.19 bits per heavy atom. The van der Waals surface area contributed by atoms with Gasteiger partial charge in [-0.05, 0) is 19.8 Å². The van der Waals surface area contributed by atoms with E-state index in [-0.39, 0.29) is 18.6 Å². The third-order valence-corrected chi connectivity index (χ3v) is 5.14. The SMILES string of the molecule is CCNC(=NCC(=O)NC1CCCCC1)N1CCOC(c2cnn(C)c2)C1. The summed E-state index contributed by atoms with van der Waals surface area (Å²) in [5.41, 5.74) is 1.06. The van der Waals surface area contributed by atoms with Crippen LogP contribution in [0.25, 0.3) is 0 Å². The van der Waals surface area contributed by atoms with E-state index in [1.54, 1.807) is 4.68 Å². The number of guanidine groups is 1. The van der Waals surface area contributed by atoms with Crippen LogP contribution in [0.15, 0.2) is 17.4 Å². The number of aryl methyl sites for hydroxylation is 1. The maximum absolute atomic E-state index is 12.3. The van der Waals surface area contributed by atoms with Crippen LogP contribution in [-0.4, -0.2) is 65.4 Å². The fraction of sp³-hybridized carbons (Fsp3) is 0.737. The molecule has 1 unspecified atom stereocenters. The number of aliphatic imine (C=N–C) groups is 1. The number of hydrogen-bond acceptors (Lipinski definition) is 4. The monoisotopic (exact) mass is 376 g/mol. The molecule has 1 saturated carbocycles. The Hall–Kier alpha value is -2.09. The van der Waals surface area contributed by atoms with Crippen molar-refractivity contribution in [3.8, 4) is 0 Å². The molecule has 1 amide bonds. The van der Waals surface area contributed by atoms with Crippen LogP contribution in [0.3, 0.4) is 0 Å². The largest absolute Gasteiger partial charge is 0.370 e. The van der Waals surface area contributed by atoms with Crippen LogP contribution in [0, 0.1) is 0 Å². The van der Waals surface area contributed by atoms with Crippen LogP contribution in [0.5, 0.6) is 0 Å². The van der Waals surface area contributed by atoms with Crippen molar-refractivity contribution in [2.24, 2.45) is 12.0 Å². The van der Waals surface area contributed by atoms with E-state index in [9.17, 15) is 4.79 Å². The summed E-state index contributed by atoms with van der Waals surface area (Å²) < 4.78 is 7.69. The number of nitrogens with zero attached hydrogens (tertiary/aromatic N) is 4. The molecule has 1 saturated heterocycles. The van der Waals surface area contributed by atoms with Crippen molar-refractivity contribution < 1.29 is 9.53 Å². The predicted octanol–water partition coefficient (Wildman–Crippen LogP) is 1.21. The normalized spacial score (nSPS) is 21.9. The first-order valence-corrected chi connectivity index (χ1v) is 10.1. The van der Waals surface area contributed by atoms with E-state index < -0.39 is 0 Å². The highest BCUT2D eigenvalue weighted by molar-refractivity contribution is 5.85. The van der Waals surface area contributed by atoms with E-state index in [1.165, 1.54) is 19.3 Å². The first-order chi connectivity index (χ1) is 13.2. The number of nitrogens with one attached hydrogen (secondary N) is 2. The smallest absolute Gasteiger partial charge is 0.242 e. The lowest BCUT2D eigenvalue weighted by Gasteiger charge is -2.34. The van der Waals surface area contributed by atoms with Gasteiger partial charge in [0.2, 0.25) is 5.91 Å². The molecule has 1 atom stereocenters. The Bertz CT molecular complexity index is 638. The van der Waals surface area contributed by atoms with Gasteiger partial charge in [0.15, 0.2) is 5.96 Å². The lowest BCUT2D eigenvalue weighted by atomic mass is 9.95. The van der Waals surface area contributed by atoms with Crippen molar-refractivity contribution in [2.75, 3.05) is 32.8 Å². The van der Waals surface area contributed by atoms with Crippen molar-refractivity contribution in [3.05, 3.63) is 18.0 Å². The molecule has 8 nitrogen and oxygen atoms in total. The second-order valence-corrected chi connectivity index (χ2v) is 7.33. The molecule has 2 N–H and O–H groups in total. The minimum Gasteiger partial charge on any atom is -0.370 e. The van der Waals surface area contributed by atoms with Crippen molar-refractivity contribution in [1.82, 2.24) is 25.3 Å². The second-order valence-electron chi connectivity index (χ2n) is 7.33. The Labute approximate surface area is 161 Å². The second kappa shape index (κ2) is 9.73. The zero-order valence-corrected chi connectivity index (χ0v) is 16.5. The molecule has 2 fully saturated rings. The molecule has 1 aromatic rings. The Morgan fingerprint density at radius 3 is 2.89 bits per heavy atom. The number of hydrogen-bond donors (Lipinski definition) is 2. The summed E-state index contributed by atoms with van der Waals surface area (Å²) in [7, 11) is 1.90. The molecular weight excluding hydrogens is 344 g/mol. The molecule has 2 heterocycles. The third kappa shape index (κ3) is 5.69. The van der Waals surface area contributed by atoms with Crippen molar-refractivity contribution in [3.63, 3.8) is 0 Å². The third-order valence-electron chi connectivity index (χ3n) is 5.14. The molecule has 3 rings (SSSR count). The Kier molecular flexibility index (Phi) is 7.09. The molecule has 0 aromatic carbocycles. The number of ether oxygens (including phenoxy) is 1. The van der Waals surface area contributed by atoms with Gasteiger partial charge in [-0.1, -0.05) is 19.3 Å². The molecule has 0 spiro atoms. The molecule has 150 valence electrons. The summed E-state index contributed by atoms with van der Waals surface area (Å²) in [4.78, 5) is 19.0. The summed E-state index contributed by atoms with van der Waals surface area (Å²) in [6.07, 6.45) is 9.67. The zero-order valence-electron chi connectivity index (χ0n) is 16.5. The molecule has 1 aliphatic carbocycles. The number of aromatic nitrogens is 2. The maximum atomic E-state index is 12.3. The molecule has 27 heavy (non-hydrogen) atoms. The van der Waals surface area contributed by atoms with E-state index in [4.69, 9.17) is 4.74 Å². The number of carbonyl (C=O) groups is 1. The number of amides is 1. The van der Waals surface area contributed by atoms with E-state index in [0.29, 0.717) is 19.2 Å². The molecular formula is C19H32N6O2. The quantitative estimate of drug-likeness (QED) is 0.596. The van der Waals surface area contributed by atoms with Gasteiger partial charge in [-0.2, -0.15) is 5.10 Å². The van der Waals surface area contributed by atoms with Gasteiger partial charge < -0.3 is 20.3 Å². The summed E-state index contributed by atoms with van der Waals surface area (Å²) in [5, 5.41) is 10.7. The van der Waals surface area contributed by atoms with Gasteiger partial charge in [0.25, 0.3) is 0 Å². The van der Waals surface area contributed by atoms with Gasteiger partial charge in [-0.3, -0.25) is 9.48 Å². The zero-order chi connectivity index (χ0) is 19.1. The van der Waals surface area contributed by atoms with Crippen molar-refractivity contribution in [2.45, 2.75) is 51.2 Å². The van der Waals surface area contributed by atoms with Crippen LogP contribution < -0.4 is 10.6 Å². The first kappa shape index (κ1) is 19.7. The van der Waals surface area contributed by atoms with Crippen LogP contribution in [0.4, 0.5) is 0 Å². The van der Waals surface area contributed by atoms with E-state index in [0.717, 1.165) is 37.5 Å². The highest BCUT2D eigenvalue weighted by Gasteiger charge is 2.25. The average Bonchev–Trinajstić information content (AvgIpc) is 3.12. The van der Waals surface area contributed by atoms with Gasteiger partial charge in [0.1, 0.15) is 12.6 Å². The minimum atomic E-state index is -0.0348. The number of morpholine rings is 1. The topological polar surface area (TPSA) is 83.8 Å². The Morgan fingerprint density at radius 1 is 1.37 bits per heavy atom.